The van der Waals surface area contributed by atoms with E-state index in [9.17, 15) is 15.0 Å². The highest BCUT2D eigenvalue weighted by Crippen LogP contribution is 2.25. The Balaban J connectivity index is 0.00000121. The van der Waals surface area contributed by atoms with Gasteiger partial charge in [-0.1, -0.05) is 12.1 Å². The first kappa shape index (κ1) is 10.6. The number of para-hydroxylation sites is 1. The van der Waals surface area contributed by atoms with Gasteiger partial charge in [0.25, 0.3) is 5.69 Å². The van der Waals surface area contributed by atoms with E-state index in [0.29, 0.717) is 0 Å². The van der Waals surface area contributed by atoms with Crippen molar-refractivity contribution in [2.75, 3.05) is 0 Å². The van der Waals surface area contributed by atoms with E-state index in [4.69, 9.17) is 0 Å². The molecule has 1 aromatic carbocycles. The zero-order valence-electron chi connectivity index (χ0n) is 5.93. The van der Waals surface area contributed by atoms with Gasteiger partial charge in [0.05, 0.1) is 4.92 Å². The van der Waals surface area contributed by atoms with Crippen LogP contribution >= 0.6 is 13.5 Å². The minimum Gasteiger partial charge on any atom is -0.258 e. The van der Waals surface area contributed by atoms with Crippen LogP contribution in [0.3, 0.4) is 0 Å². The fraction of sp³-hybridized carbons (Fsp3) is 0. The summed E-state index contributed by atoms with van der Waals surface area (Å²) in [5.74, 6) is 0. The van der Waals surface area contributed by atoms with Crippen LogP contribution in [0.15, 0.2) is 29.4 Å². The van der Waals surface area contributed by atoms with Crippen molar-refractivity contribution >= 4 is 24.9 Å². The van der Waals surface area contributed by atoms with Gasteiger partial charge < -0.3 is 0 Å². The summed E-state index contributed by atoms with van der Waals surface area (Å²) in [6, 6.07) is 5.53. The molecule has 0 atom stereocenters. The van der Waals surface area contributed by atoms with Crippen molar-refractivity contribution in [1.29, 1.82) is 0 Å². The van der Waals surface area contributed by atoms with Gasteiger partial charge in [-0.25, -0.2) is 0 Å². The van der Waals surface area contributed by atoms with Gasteiger partial charge in [0.15, 0.2) is 5.69 Å². The smallest absolute Gasteiger partial charge is 0.258 e. The van der Waals surface area contributed by atoms with Crippen molar-refractivity contribution in [3.8, 4) is 0 Å². The second kappa shape index (κ2) is 4.45. The Morgan fingerprint density at radius 2 is 1.92 bits per heavy atom. The van der Waals surface area contributed by atoms with Crippen LogP contribution in [0, 0.1) is 15.0 Å². The molecule has 0 saturated carbocycles. The summed E-state index contributed by atoms with van der Waals surface area (Å²) in [6.07, 6.45) is 0. The van der Waals surface area contributed by atoms with Crippen molar-refractivity contribution < 1.29 is 4.92 Å². The molecule has 0 heterocycles. The molecule has 0 fully saturated rings. The molecule has 0 unspecified atom stereocenters. The van der Waals surface area contributed by atoms with E-state index >= 15 is 0 Å². The third-order valence-electron chi connectivity index (χ3n) is 1.18. The Labute approximate surface area is 75.0 Å². The van der Waals surface area contributed by atoms with E-state index in [0.717, 1.165) is 0 Å². The lowest BCUT2D eigenvalue weighted by atomic mass is 10.3. The van der Waals surface area contributed by atoms with Gasteiger partial charge >= 0.3 is 0 Å². The van der Waals surface area contributed by atoms with Crippen LogP contribution in [0.2, 0.25) is 0 Å². The van der Waals surface area contributed by atoms with Crippen LogP contribution in [0.1, 0.15) is 0 Å². The molecule has 5 nitrogen and oxygen atoms in total. The zero-order valence-corrected chi connectivity index (χ0v) is 6.93. The molecule has 0 radical (unpaired) electrons. The summed E-state index contributed by atoms with van der Waals surface area (Å²) < 4.78 is 0. The van der Waals surface area contributed by atoms with Crippen LogP contribution in [-0.4, -0.2) is 4.92 Å². The number of benzene rings is 1. The summed E-state index contributed by atoms with van der Waals surface area (Å²) in [6.45, 7) is 0. The molecule has 0 aliphatic carbocycles. The summed E-state index contributed by atoms with van der Waals surface area (Å²) in [5, 5.41) is 12.7. The van der Waals surface area contributed by atoms with Crippen molar-refractivity contribution in [3.63, 3.8) is 0 Å². The van der Waals surface area contributed by atoms with Gasteiger partial charge in [0.2, 0.25) is 0 Å². The van der Waals surface area contributed by atoms with E-state index in [2.05, 4.69) is 5.18 Å². The molecule has 0 aromatic heterocycles. The first-order valence-electron chi connectivity index (χ1n) is 2.82. The average molecular weight is 186 g/mol. The number of nitro benzene ring substituents is 1. The van der Waals surface area contributed by atoms with Crippen molar-refractivity contribution in [2.24, 2.45) is 5.18 Å². The molecule has 0 bridgehead atoms. The largest absolute Gasteiger partial charge is 0.298 e. The maximum absolute atomic E-state index is 10.2. The molecular weight excluding hydrogens is 180 g/mol. The monoisotopic (exact) mass is 186 g/mol. The first-order chi connectivity index (χ1) is 5.25. The Morgan fingerprint density at radius 1 is 1.33 bits per heavy atom. The van der Waals surface area contributed by atoms with E-state index in [1.165, 1.54) is 24.3 Å². The van der Waals surface area contributed by atoms with Gasteiger partial charge in [0.1, 0.15) is 0 Å². The number of nitro groups is 1. The molecule has 0 saturated heterocycles. The summed E-state index contributed by atoms with van der Waals surface area (Å²) in [4.78, 5) is 19.5. The van der Waals surface area contributed by atoms with Crippen molar-refractivity contribution in [1.82, 2.24) is 0 Å². The summed E-state index contributed by atoms with van der Waals surface area (Å²) in [5.41, 5.74) is -0.403. The van der Waals surface area contributed by atoms with Gasteiger partial charge in [0, 0.05) is 6.07 Å². The summed E-state index contributed by atoms with van der Waals surface area (Å²) in [7, 11) is 0. The molecule has 6 heteroatoms. The lowest BCUT2D eigenvalue weighted by molar-refractivity contribution is -0.384. The molecule has 0 aliphatic rings. The van der Waals surface area contributed by atoms with Gasteiger partial charge in [-0.3, -0.25) is 10.1 Å². The van der Waals surface area contributed by atoms with E-state index in [1.54, 1.807) is 0 Å². The molecule has 1 aromatic rings. The van der Waals surface area contributed by atoms with Crippen LogP contribution < -0.4 is 0 Å². The molecule has 1 rings (SSSR count). The highest BCUT2D eigenvalue weighted by Gasteiger charge is 2.11. The van der Waals surface area contributed by atoms with Gasteiger partial charge in [-0.15, -0.1) is 4.91 Å². The third kappa shape index (κ3) is 2.03. The fourth-order valence-corrected chi connectivity index (χ4v) is 0.696. The number of nitrogens with zero attached hydrogens (tertiary/aromatic N) is 2. The normalized spacial score (nSPS) is 8.33. The zero-order chi connectivity index (χ0) is 8.27. The van der Waals surface area contributed by atoms with Crippen LogP contribution in [0.25, 0.3) is 0 Å². The van der Waals surface area contributed by atoms with Crippen molar-refractivity contribution in [3.05, 3.63) is 39.3 Å². The minimum absolute atomic E-state index is 0. The predicted octanol–water partition coefficient (Wildman–Crippen LogP) is 2.11. The molecule has 0 spiro atoms. The van der Waals surface area contributed by atoms with Crippen LogP contribution in [0.5, 0.6) is 0 Å². The van der Waals surface area contributed by atoms with Gasteiger partial charge in [-0.2, -0.15) is 13.5 Å². The second-order valence-electron chi connectivity index (χ2n) is 1.84. The maximum Gasteiger partial charge on any atom is 0.298 e. The third-order valence-corrected chi connectivity index (χ3v) is 1.18. The second-order valence-corrected chi connectivity index (χ2v) is 1.84. The van der Waals surface area contributed by atoms with Crippen LogP contribution in [-0.2, 0) is 0 Å². The van der Waals surface area contributed by atoms with E-state index in [-0.39, 0.29) is 24.9 Å². The topological polar surface area (TPSA) is 72.6 Å². The Morgan fingerprint density at radius 3 is 2.33 bits per heavy atom. The number of hydrogen-bond acceptors (Lipinski definition) is 4. The number of rotatable bonds is 2. The number of nitroso groups, excluding NO2 is 1. The van der Waals surface area contributed by atoms with Gasteiger partial charge in [-0.05, 0) is 11.2 Å². The van der Waals surface area contributed by atoms with Crippen molar-refractivity contribution in [2.45, 2.75) is 0 Å². The predicted molar refractivity (Wildman–Crippen MR) is 48.9 cm³/mol. The molecule has 64 valence electrons. The summed E-state index contributed by atoms with van der Waals surface area (Å²) >= 11 is 0. The standard InChI is InChI=1S/C6H4N2O3.H2S/c9-7-5-3-1-2-4-6(5)8(10)11;/h1-4H;1H2. The Hall–Kier alpha value is -1.43. The fourth-order valence-electron chi connectivity index (χ4n) is 0.696. The van der Waals surface area contributed by atoms with E-state index < -0.39 is 4.92 Å². The Bertz CT molecular complexity index is 303. The Kier molecular flexibility index (Phi) is 3.92. The quantitative estimate of drug-likeness (QED) is 0.403. The molecule has 12 heavy (non-hydrogen) atoms. The minimum atomic E-state index is -0.642. The molecule has 0 amide bonds. The molecule has 0 aliphatic heterocycles. The van der Waals surface area contributed by atoms with Crippen LogP contribution in [0.4, 0.5) is 11.4 Å². The lowest BCUT2D eigenvalue weighted by Crippen LogP contribution is -1.86. The average Bonchev–Trinajstić information content (AvgIpc) is 2.04. The SMILES string of the molecule is O=Nc1ccccc1[N+](=O)[O-].S. The first-order valence-corrected chi connectivity index (χ1v) is 2.82. The highest BCUT2D eigenvalue weighted by atomic mass is 32.1. The number of hydrogen-bond donors (Lipinski definition) is 0. The maximum atomic E-state index is 10.2. The van der Waals surface area contributed by atoms with E-state index in [1.807, 2.05) is 0 Å². The molecular formula is C6H6N2O3S. The lowest BCUT2D eigenvalue weighted by Gasteiger charge is -1.90. The molecule has 0 N–H and O–H groups in total. The highest BCUT2D eigenvalue weighted by molar-refractivity contribution is 7.59.